The fourth-order valence-electron chi connectivity index (χ4n) is 3.40. The number of nitrogens with one attached hydrogen (secondary N) is 2. The van der Waals surface area contributed by atoms with Crippen LogP contribution in [0, 0.1) is 5.92 Å². The third-order valence-electron chi connectivity index (χ3n) is 5.31. The lowest BCUT2D eigenvalue weighted by molar-refractivity contribution is -0.132. The van der Waals surface area contributed by atoms with Crippen molar-refractivity contribution in [2.24, 2.45) is 5.92 Å². The lowest BCUT2D eigenvalue weighted by Gasteiger charge is -2.34. The molecule has 1 saturated carbocycles. The van der Waals surface area contributed by atoms with Crippen LogP contribution >= 0.6 is 0 Å². The molecule has 1 aliphatic carbocycles. The van der Waals surface area contributed by atoms with Gasteiger partial charge in [-0.25, -0.2) is 0 Å². The maximum absolute atomic E-state index is 12.3. The average Bonchev–Trinajstić information content (AvgIpc) is 2.62. The fraction of sp³-hybridized carbons (Fsp3) is 0.524. The van der Waals surface area contributed by atoms with Crippen molar-refractivity contribution < 1.29 is 19.4 Å². The Morgan fingerprint density at radius 2 is 1.96 bits per heavy atom. The van der Waals surface area contributed by atoms with Gasteiger partial charge < -0.3 is 20.5 Å². The van der Waals surface area contributed by atoms with E-state index in [2.05, 4.69) is 10.6 Å². The van der Waals surface area contributed by atoms with E-state index in [-0.39, 0.29) is 42.8 Å². The number of ether oxygens (including phenoxy) is 1. The van der Waals surface area contributed by atoms with Gasteiger partial charge in [0, 0.05) is 5.92 Å². The van der Waals surface area contributed by atoms with Crippen LogP contribution in [0.5, 0.6) is 0 Å². The maximum atomic E-state index is 12.3. The predicted octanol–water partition coefficient (Wildman–Crippen LogP) is 1.85. The topological polar surface area (TPSA) is 87.7 Å². The molecule has 146 valence electrons. The van der Waals surface area contributed by atoms with Crippen LogP contribution in [0.1, 0.15) is 44.2 Å². The second kappa shape index (κ2) is 9.15. The van der Waals surface area contributed by atoms with Crippen LogP contribution in [-0.2, 0) is 14.3 Å². The Labute approximate surface area is 160 Å². The van der Waals surface area contributed by atoms with Crippen LogP contribution in [0.2, 0.25) is 0 Å². The molecule has 1 aliphatic heterocycles. The van der Waals surface area contributed by atoms with Crippen LogP contribution in [0.4, 0.5) is 0 Å². The van der Waals surface area contributed by atoms with Gasteiger partial charge in [-0.05, 0) is 25.3 Å². The Kier molecular flexibility index (Phi) is 6.63. The van der Waals surface area contributed by atoms with E-state index in [9.17, 15) is 14.7 Å². The molecule has 1 aromatic rings. The standard InChI is InChI=1S/C21H28N2O4/c1-14(15-6-3-2-4-7-15)22-20(25)12-17-10-11-18(19(13-24)27-17)23-21(26)16-8-5-9-16/h2-4,6-7,10-11,14,16-19,24H,5,8-9,12-13H2,1H3,(H,22,25)(H,23,26)/t14-,17-,18-,19-/m1/s1. The summed E-state index contributed by atoms with van der Waals surface area (Å²) in [5.41, 5.74) is 1.04. The molecule has 0 bridgehead atoms. The zero-order chi connectivity index (χ0) is 19.2. The van der Waals surface area contributed by atoms with E-state index in [0.717, 1.165) is 24.8 Å². The van der Waals surface area contributed by atoms with Gasteiger partial charge in [-0.3, -0.25) is 9.59 Å². The smallest absolute Gasteiger partial charge is 0.223 e. The molecule has 1 heterocycles. The minimum Gasteiger partial charge on any atom is -0.394 e. The minimum absolute atomic E-state index is 0.0193. The molecule has 27 heavy (non-hydrogen) atoms. The van der Waals surface area contributed by atoms with Gasteiger partial charge in [-0.2, -0.15) is 0 Å². The van der Waals surface area contributed by atoms with Gasteiger partial charge in [-0.15, -0.1) is 0 Å². The van der Waals surface area contributed by atoms with Crippen molar-refractivity contribution in [2.45, 2.75) is 56.9 Å². The van der Waals surface area contributed by atoms with Crippen molar-refractivity contribution in [1.82, 2.24) is 10.6 Å². The first kappa shape index (κ1) is 19.6. The number of aliphatic hydroxyl groups is 1. The third kappa shape index (κ3) is 5.17. The lowest BCUT2D eigenvalue weighted by Crippen LogP contribution is -2.51. The molecule has 6 nitrogen and oxygen atoms in total. The molecule has 0 spiro atoms. The van der Waals surface area contributed by atoms with E-state index in [0.29, 0.717) is 0 Å². The van der Waals surface area contributed by atoms with E-state index >= 15 is 0 Å². The summed E-state index contributed by atoms with van der Waals surface area (Å²) in [6, 6.07) is 9.32. The molecule has 1 fully saturated rings. The van der Waals surface area contributed by atoms with Crippen LogP contribution in [0.15, 0.2) is 42.5 Å². The van der Waals surface area contributed by atoms with Crippen molar-refractivity contribution in [3.8, 4) is 0 Å². The van der Waals surface area contributed by atoms with Crippen LogP contribution in [-0.4, -0.2) is 41.8 Å². The van der Waals surface area contributed by atoms with Gasteiger partial charge in [0.2, 0.25) is 11.8 Å². The Bertz CT molecular complexity index is 672. The quantitative estimate of drug-likeness (QED) is 0.638. The van der Waals surface area contributed by atoms with Gasteiger partial charge in [-0.1, -0.05) is 48.9 Å². The van der Waals surface area contributed by atoms with Crippen molar-refractivity contribution in [3.05, 3.63) is 48.0 Å². The SMILES string of the molecule is C[C@@H](NC(=O)C[C@H]1C=C[C@@H](NC(=O)C2CCC2)[C@@H](CO)O1)c1ccccc1. The molecule has 0 radical (unpaired) electrons. The highest BCUT2D eigenvalue weighted by Crippen LogP contribution is 2.27. The number of carbonyl (C=O) groups excluding carboxylic acids is 2. The summed E-state index contributed by atoms with van der Waals surface area (Å²) in [5, 5.41) is 15.5. The molecule has 0 saturated heterocycles. The van der Waals surface area contributed by atoms with Crippen molar-refractivity contribution in [1.29, 1.82) is 0 Å². The molecule has 2 amide bonds. The Morgan fingerprint density at radius 3 is 2.59 bits per heavy atom. The molecule has 2 aliphatic rings. The summed E-state index contributed by atoms with van der Waals surface area (Å²) in [5.74, 6) is -0.0128. The molecule has 1 aromatic carbocycles. The number of amides is 2. The second-order valence-electron chi connectivity index (χ2n) is 7.35. The molecule has 3 N–H and O–H groups in total. The third-order valence-corrected chi connectivity index (χ3v) is 5.31. The summed E-state index contributed by atoms with van der Waals surface area (Å²) in [6.45, 7) is 1.73. The highest BCUT2D eigenvalue weighted by molar-refractivity contribution is 5.80. The first-order chi connectivity index (χ1) is 13.1. The van der Waals surface area contributed by atoms with Gasteiger partial charge in [0.05, 0.1) is 31.2 Å². The fourth-order valence-corrected chi connectivity index (χ4v) is 3.40. The molecule has 0 aromatic heterocycles. The van der Waals surface area contributed by atoms with Crippen molar-refractivity contribution in [3.63, 3.8) is 0 Å². The molecule has 6 heteroatoms. The number of benzene rings is 1. The normalized spacial score (nSPS) is 26.1. The summed E-state index contributed by atoms with van der Waals surface area (Å²) in [4.78, 5) is 24.5. The number of aliphatic hydroxyl groups excluding tert-OH is 1. The largest absolute Gasteiger partial charge is 0.394 e. The van der Waals surface area contributed by atoms with Crippen LogP contribution in [0.25, 0.3) is 0 Å². The van der Waals surface area contributed by atoms with Crippen LogP contribution in [0.3, 0.4) is 0 Å². The van der Waals surface area contributed by atoms with E-state index in [1.54, 1.807) is 6.08 Å². The summed E-state index contributed by atoms with van der Waals surface area (Å²) in [7, 11) is 0. The van der Waals surface area contributed by atoms with Gasteiger partial charge >= 0.3 is 0 Å². The van der Waals surface area contributed by atoms with Gasteiger partial charge in [0.1, 0.15) is 6.10 Å². The summed E-state index contributed by atoms with van der Waals surface area (Å²) < 4.78 is 5.83. The van der Waals surface area contributed by atoms with Crippen molar-refractivity contribution >= 4 is 11.8 Å². The highest BCUT2D eigenvalue weighted by atomic mass is 16.5. The zero-order valence-corrected chi connectivity index (χ0v) is 15.6. The maximum Gasteiger partial charge on any atom is 0.223 e. The number of carbonyl (C=O) groups is 2. The first-order valence-corrected chi connectivity index (χ1v) is 9.66. The number of rotatable bonds is 7. The van der Waals surface area contributed by atoms with Crippen molar-refractivity contribution in [2.75, 3.05) is 6.61 Å². The Hall–Kier alpha value is -2.18. The average molecular weight is 372 g/mol. The van der Waals surface area contributed by atoms with Gasteiger partial charge in [0.15, 0.2) is 0 Å². The molecule has 4 atom stereocenters. The predicted molar refractivity (Wildman–Crippen MR) is 102 cm³/mol. The molecular weight excluding hydrogens is 344 g/mol. The summed E-state index contributed by atoms with van der Waals surface area (Å²) in [6.07, 6.45) is 5.80. The van der Waals surface area contributed by atoms with E-state index in [1.807, 2.05) is 43.3 Å². The molecular formula is C21H28N2O4. The number of hydrogen-bond donors (Lipinski definition) is 3. The lowest BCUT2D eigenvalue weighted by atomic mass is 9.84. The Morgan fingerprint density at radius 1 is 1.22 bits per heavy atom. The van der Waals surface area contributed by atoms with E-state index in [4.69, 9.17) is 4.74 Å². The van der Waals surface area contributed by atoms with E-state index in [1.165, 1.54) is 0 Å². The first-order valence-electron chi connectivity index (χ1n) is 9.66. The summed E-state index contributed by atoms with van der Waals surface area (Å²) >= 11 is 0. The van der Waals surface area contributed by atoms with Crippen LogP contribution < -0.4 is 10.6 Å². The number of hydrogen-bond acceptors (Lipinski definition) is 4. The highest BCUT2D eigenvalue weighted by Gasteiger charge is 2.32. The Balaban J connectivity index is 1.51. The zero-order valence-electron chi connectivity index (χ0n) is 15.6. The van der Waals surface area contributed by atoms with E-state index < -0.39 is 12.2 Å². The minimum atomic E-state index is -0.539. The molecule has 3 rings (SSSR count). The monoisotopic (exact) mass is 372 g/mol. The molecule has 0 unspecified atom stereocenters. The second-order valence-corrected chi connectivity index (χ2v) is 7.35. The van der Waals surface area contributed by atoms with Gasteiger partial charge in [0.25, 0.3) is 0 Å².